The Morgan fingerprint density at radius 2 is 2.29 bits per heavy atom. The van der Waals surface area contributed by atoms with Crippen molar-refractivity contribution in [3.05, 3.63) is 27.7 Å². The molecule has 0 aromatic heterocycles. The molecule has 1 aromatic carbocycles. The van der Waals surface area contributed by atoms with Gasteiger partial charge in [0.1, 0.15) is 5.75 Å². The molecule has 2 heterocycles. The largest absolute Gasteiger partial charge is 0.467 e. The van der Waals surface area contributed by atoms with Crippen LogP contribution < -0.4 is 10.1 Å². The molecule has 3 rings (SSSR count). The van der Waals surface area contributed by atoms with Crippen LogP contribution in [0.2, 0.25) is 0 Å². The molecular weight excluding hydrogens is 282 g/mol. The molecule has 0 amide bonds. The van der Waals surface area contributed by atoms with Crippen LogP contribution in [0.3, 0.4) is 0 Å². The first kappa shape index (κ1) is 11.5. The lowest BCUT2D eigenvalue weighted by molar-refractivity contribution is -0.0171. The van der Waals surface area contributed by atoms with Gasteiger partial charge in [-0.05, 0) is 43.0 Å². The predicted octanol–water partition coefficient (Wildman–Crippen LogP) is 2.78. The molecule has 2 aliphatic rings. The fourth-order valence-electron chi connectivity index (χ4n) is 2.69. The van der Waals surface area contributed by atoms with Crippen molar-refractivity contribution in [3.63, 3.8) is 0 Å². The topological polar surface area (TPSA) is 30.5 Å². The molecule has 1 N–H and O–H groups in total. The minimum absolute atomic E-state index is 0.372. The summed E-state index contributed by atoms with van der Waals surface area (Å²) in [7, 11) is 0. The summed E-state index contributed by atoms with van der Waals surface area (Å²) < 4.78 is 12.1. The van der Waals surface area contributed by atoms with E-state index in [2.05, 4.69) is 27.3 Å². The first-order valence-corrected chi connectivity index (χ1v) is 6.88. The highest BCUT2D eigenvalue weighted by Gasteiger charge is 2.24. The number of nitrogens with one attached hydrogen (secondary N) is 1. The van der Waals surface area contributed by atoms with Crippen LogP contribution in [0.25, 0.3) is 0 Å². The van der Waals surface area contributed by atoms with Crippen LogP contribution in [0.4, 0.5) is 0 Å². The fourth-order valence-corrected chi connectivity index (χ4v) is 3.38. The average Bonchev–Trinajstić information content (AvgIpc) is 2.39. The Balaban J connectivity index is 2.01. The summed E-state index contributed by atoms with van der Waals surface area (Å²) in [4.78, 5) is 0. The van der Waals surface area contributed by atoms with Crippen LogP contribution in [0, 0.1) is 0 Å². The Labute approximate surface area is 110 Å². The first-order chi connectivity index (χ1) is 8.36. The maximum atomic E-state index is 5.55. The highest BCUT2D eigenvalue weighted by atomic mass is 79.9. The number of benzene rings is 1. The van der Waals surface area contributed by atoms with E-state index in [9.17, 15) is 0 Å². The van der Waals surface area contributed by atoms with Crippen molar-refractivity contribution in [2.45, 2.75) is 25.4 Å². The predicted molar refractivity (Wildman–Crippen MR) is 69.3 cm³/mol. The van der Waals surface area contributed by atoms with Crippen molar-refractivity contribution in [1.29, 1.82) is 0 Å². The normalized spacial score (nSPS) is 23.9. The molecule has 1 fully saturated rings. The van der Waals surface area contributed by atoms with Gasteiger partial charge < -0.3 is 14.8 Å². The third kappa shape index (κ3) is 2.21. The fraction of sp³-hybridized carbons (Fsp3) is 0.538. The Kier molecular flexibility index (Phi) is 3.36. The number of hydrogen-bond donors (Lipinski definition) is 1. The summed E-state index contributed by atoms with van der Waals surface area (Å²) in [5.41, 5.74) is 2.59. The molecule has 1 saturated heterocycles. The van der Waals surface area contributed by atoms with Crippen molar-refractivity contribution in [2.24, 2.45) is 0 Å². The lowest BCUT2D eigenvalue weighted by atomic mass is 9.88. The van der Waals surface area contributed by atoms with E-state index in [1.807, 2.05) is 6.07 Å². The van der Waals surface area contributed by atoms with E-state index < -0.39 is 0 Å². The second kappa shape index (κ2) is 4.96. The lowest BCUT2D eigenvalue weighted by Crippen LogP contribution is -2.29. The summed E-state index contributed by atoms with van der Waals surface area (Å²) in [6, 6.07) is 4.12. The summed E-state index contributed by atoms with van der Waals surface area (Å²) >= 11 is 3.67. The molecule has 1 aromatic rings. The molecule has 1 unspecified atom stereocenters. The van der Waals surface area contributed by atoms with Crippen molar-refractivity contribution in [3.8, 4) is 5.75 Å². The number of hydrogen-bond acceptors (Lipinski definition) is 3. The summed E-state index contributed by atoms with van der Waals surface area (Å²) in [6.07, 6.45) is 2.48. The molecule has 0 saturated carbocycles. The van der Waals surface area contributed by atoms with Crippen LogP contribution in [0.15, 0.2) is 16.6 Å². The van der Waals surface area contributed by atoms with E-state index in [0.717, 1.165) is 18.8 Å². The van der Waals surface area contributed by atoms with Gasteiger partial charge in [0.05, 0.1) is 6.61 Å². The zero-order chi connectivity index (χ0) is 11.7. The van der Waals surface area contributed by atoms with Crippen molar-refractivity contribution < 1.29 is 9.47 Å². The minimum Gasteiger partial charge on any atom is -0.467 e. The second-order valence-electron chi connectivity index (χ2n) is 4.59. The van der Waals surface area contributed by atoms with E-state index >= 15 is 0 Å². The van der Waals surface area contributed by atoms with Gasteiger partial charge in [0.15, 0.2) is 6.79 Å². The van der Waals surface area contributed by atoms with Crippen molar-refractivity contribution in [2.75, 3.05) is 19.9 Å². The zero-order valence-corrected chi connectivity index (χ0v) is 11.3. The van der Waals surface area contributed by atoms with E-state index in [0.29, 0.717) is 19.3 Å². The Morgan fingerprint density at radius 3 is 3.12 bits per heavy atom. The monoisotopic (exact) mass is 297 g/mol. The maximum absolute atomic E-state index is 5.55. The van der Waals surface area contributed by atoms with Crippen LogP contribution >= 0.6 is 15.9 Å². The lowest BCUT2D eigenvalue weighted by Gasteiger charge is -2.29. The standard InChI is InChI=1S/C13H16BrNO2/c14-11-3-4-12-10(7-16-8-17-12)13(11)9-2-1-5-15-6-9/h3-4,9,15H,1-2,5-8H2. The van der Waals surface area contributed by atoms with Gasteiger partial charge >= 0.3 is 0 Å². The van der Waals surface area contributed by atoms with Gasteiger partial charge in [-0.3, -0.25) is 0 Å². The summed E-state index contributed by atoms with van der Waals surface area (Å²) in [5, 5.41) is 3.46. The van der Waals surface area contributed by atoms with Crippen LogP contribution in [0.5, 0.6) is 5.75 Å². The van der Waals surface area contributed by atoms with Crippen LogP contribution in [0.1, 0.15) is 29.9 Å². The first-order valence-electron chi connectivity index (χ1n) is 6.09. The zero-order valence-electron chi connectivity index (χ0n) is 9.67. The van der Waals surface area contributed by atoms with E-state index in [-0.39, 0.29) is 0 Å². The smallest absolute Gasteiger partial charge is 0.189 e. The van der Waals surface area contributed by atoms with Crippen LogP contribution in [-0.2, 0) is 11.3 Å². The van der Waals surface area contributed by atoms with E-state index in [4.69, 9.17) is 9.47 Å². The summed E-state index contributed by atoms with van der Waals surface area (Å²) in [5.74, 6) is 1.55. The van der Waals surface area contributed by atoms with Gasteiger partial charge in [-0.25, -0.2) is 0 Å². The highest BCUT2D eigenvalue weighted by Crippen LogP contribution is 2.38. The molecule has 92 valence electrons. The quantitative estimate of drug-likeness (QED) is 0.865. The number of fused-ring (bicyclic) bond motifs is 1. The van der Waals surface area contributed by atoms with Gasteiger partial charge in [-0.15, -0.1) is 0 Å². The average molecular weight is 298 g/mol. The Hall–Kier alpha value is -0.580. The number of piperidine rings is 1. The molecule has 4 heteroatoms. The third-order valence-electron chi connectivity index (χ3n) is 3.51. The van der Waals surface area contributed by atoms with Crippen molar-refractivity contribution in [1.82, 2.24) is 5.32 Å². The Morgan fingerprint density at radius 1 is 1.35 bits per heavy atom. The maximum Gasteiger partial charge on any atom is 0.189 e. The number of rotatable bonds is 1. The molecule has 0 bridgehead atoms. The third-order valence-corrected chi connectivity index (χ3v) is 4.20. The summed E-state index contributed by atoms with van der Waals surface area (Å²) in [6.45, 7) is 3.22. The molecule has 17 heavy (non-hydrogen) atoms. The SMILES string of the molecule is Brc1ccc2c(c1C1CCCNC1)COCO2. The minimum atomic E-state index is 0.372. The van der Waals surface area contributed by atoms with Gasteiger partial charge in [0.2, 0.25) is 0 Å². The van der Waals surface area contributed by atoms with E-state index in [1.165, 1.54) is 28.4 Å². The number of ether oxygens (including phenoxy) is 2. The molecule has 0 spiro atoms. The molecule has 3 nitrogen and oxygen atoms in total. The molecular formula is C13H16BrNO2. The van der Waals surface area contributed by atoms with Gasteiger partial charge in [0, 0.05) is 16.6 Å². The Bertz CT molecular complexity index is 416. The van der Waals surface area contributed by atoms with Crippen molar-refractivity contribution >= 4 is 15.9 Å². The van der Waals surface area contributed by atoms with Gasteiger partial charge in [-0.1, -0.05) is 15.9 Å². The van der Waals surface area contributed by atoms with E-state index in [1.54, 1.807) is 0 Å². The molecule has 2 aliphatic heterocycles. The second-order valence-corrected chi connectivity index (χ2v) is 5.45. The molecule has 0 aliphatic carbocycles. The number of halogens is 1. The van der Waals surface area contributed by atoms with Gasteiger partial charge in [-0.2, -0.15) is 0 Å². The molecule has 0 radical (unpaired) electrons. The van der Waals surface area contributed by atoms with Crippen LogP contribution in [-0.4, -0.2) is 19.9 Å². The molecule has 1 atom stereocenters. The van der Waals surface area contributed by atoms with Gasteiger partial charge in [0.25, 0.3) is 0 Å². The highest BCUT2D eigenvalue weighted by molar-refractivity contribution is 9.10.